The second-order valence-corrected chi connectivity index (χ2v) is 4.99. The van der Waals surface area contributed by atoms with Crippen LogP contribution in [0.3, 0.4) is 0 Å². The molecule has 1 aromatic rings. The minimum atomic E-state index is -4.37. The van der Waals surface area contributed by atoms with Crippen LogP contribution in [0, 0.1) is 0 Å². The first-order chi connectivity index (χ1) is 7.83. The zero-order chi connectivity index (χ0) is 12.7. The minimum Gasteiger partial charge on any atom is -0.308 e. The Morgan fingerprint density at radius 3 is 2.59 bits per heavy atom. The summed E-state index contributed by atoms with van der Waals surface area (Å²) in [5, 5.41) is 3.25. The van der Waals surface area contributed by atoms with Crippen molar-refractivity contribution in [2.24, 2.45) is 0 Å². The molecule has 0 aromatic heterocycles. The number of hydrogen-bond acceptors (Lipinski definition) is 1. The van der Waals surface area contributed by atoms with Gasteiger partial charge >= 0.3 is 6.18 Å². The van der Waals surface area contributed by atoms with Crippen molar-refractivity contribution in [3.63, 3.8) is 0 Å². The third-order valence-corrected chi connectivity index (χ3v) is 3.49. The van der Waals surface area contributed by atoms with Crippen molar-refractivity contribution < 1.29 is 13.2 Å². The normalized spacial score (nSPS) is 25.2. The van der Waals surface area contributed by atoms with Gasteiger partial charge in [-0.25, -0.2) is 0 Å². The summed E-state index contributed by atoms with van der Waals surface area (Å²) in [5.74, 6) is 0. The van der Waals surface area contributed by atoms with Gasteiger partial charge in [0.05, 0.1) is 5.56 Å². The maximum atomic E-state index is 13.0. The van der Waals surface area contributed by atoms with Crippen LogP contribution in [-0.4, -0.2) is 6.54 Å². The first-order valence-corrected chi connectivity index (χ1v) is 5.83. The predicted octanol–water partition coefficient (Wildman–Crippen LogP) is 3.96. The van der Waals surface area contributed by atoms with Crippen LogP contribution in [0.25, 0.3) is 0 Å². The summed E-state index contributed by atoms with van der Waals surface area (Å²) in [7, 11) is 0. The molecule has 1 heterocycles. The van der Waals surface area contributed by atoms with Gasteiger partial charge in [-0.1, -0.05) is 17.7 Å². The van der Waals surface area contributed by atoms with E-state index in [0.29, 0.717) is 6.42 Å². The molecule has 1 N–H and O–H groups in total. The fraction of sp³-hybridized carbons (Fsp3) is 0.500. The van der Waals surface area contributed by atoms with Crippen LogP contribution in [0.4, 0.5) is 13.2 Å². The summed E-state index contributed by atoms with van der Waals surface area (Å²) in [6.07, 6.45) is -2.78. The van der Waals surface area contributed by atoms with Gasteiger partial charge in [-0.15, -0.1) is 0 Å². The van der Waals surface area contributed by atoms with Crippen molar-refractivity contribution in [2.45, 2.75) is 31.5 Å². The van der Waals surface area contributed by atoms with E-state index in [1.165, 1.54) is 12.1 Å². The van der Waals surface area contributed by atoms with Crippen LogP contribution >= 0.6 is 11.6 Å². The molecule has 1 saturated heterocycles. The fourth-order valence-electron chi connectivity index (χ4n) is 2.36. The van der Waals surface area contributed by atoms with Gasteiger partial charge in [0.2, 0.25) is 0 Å². The lowest BCUT2D eigenvalue weighted by Crippen LogP contribution is -2.35. The molecule has 0 saturated carbocycles. The van der Waals surface area contributed by atoms with Gasteiger partial charge in [-0.3, -0.25) is 0 Å². The second-order valence-electron chi connectivity index (χ2n) is 4.55. The molecule has 0 amide bonds. The van der Waals surface area contributed by atoms with E-state index < -0.39 is 17.3 Å². The molecular formula is C12H13ClF3N. The van der Waals surface area contributed by atoms with E-state index in [1.54, 1.807) is 6.92 Å². The van der Waals surface area contributed by atoms with Crippen molar-refractivity contribution in [1.82, 2.24) is 5.32 Å². The summed E-state index contributed by atoms with van der Waals surface area (Å²) in [4.78, 5) is 0. The zero-order valence-electron chi connectivity index (χ0n) is 9.37. The Labute approximate surface area is 103 Å². The van der Waals surface area contributed by atoms with Gasteiger partial charge in [0.1, 0.15) is 0 Å². The summed E-state index contributed by atoms with van der Waals surface area (Å²) in [6.45, 7) is 2.55. The number of rotatable bonds is 1. The van der Waals surface area contributed by atoms with Crippen LogP contribution in [0.1, 0.15) is 30.9 Å². The molecule has 1 fully saturated rings. The van der Waals surface area contributed by atoms with Crippen molar-refractivity contribution in [2.75, 3.05) is 6.54 Å². The van der Waals surface area contributed by atoms with E-state index in [4.69, 9.17) is 11.6 Å². The highest BCUT2D eigenvalue weighted by Crippen LogP contribution is 2.41. The molecule has 1 atom stereocenters. The molecule has 0 aliphatic carbocycles. The highest BCUT2D eigenvalue weighted by molar-refractivity contribution is 6.30. The lowest BCUT2D eigenvalue weighted by Gasteiger charge is -2.28. The van der Waals surface area contributed by atoms with Gasteiger partial charge in [0.15, 0.2) is 0 Å². The monoisotopic (exact) mass is 263 g/mol. The molecular weight excluding hydrogens is 251 g/mol. The number of benzene rings is 1. The minimum absolute atomic E-state index is 0.114. The molecule has 94 valence electrons. The standard InChI is InChI=1S/C12H13ClF3N/c1-11(5-2-6-17-11)9-4-3-8(13)7-10(9)12(14,15)16/h3-4,7,17H,2,5-6H2,1H3. The van der Waals surface area contributed by atoms with Gasteiger partial charge in [0, 0.05) is 10.6 Å². The van der Waals surface area contributed by atoms with Crippen molar-refractivity contribution in [3.05, 3.63) is 34.3 Å². The number of nitrogens with one attached hydrogen (secondary N) is 1. The fourth-order valence-corrected chi connectivity index (χ4v) is 2.53. The molecule has 0 radical (unpaired) electrons. The topological polar surface area (TPSA) is 12.0 Å². The SMILES string of the molecule is CC1(c2ccc(Cl)cc2C(F)(F)F)CCCN1. The molecule has 0 bridgehead atoms. The second kappa shape index (κ2) is 4.18. The average molecular weight is 264 g/mol. The lowest BCUT2D eigenvalue weighted by atomic mass is 9.87. The van der Waals surface area contributed by atoms with E-state index in [0.717, 1.165) is 19.0 Å². The predicted molar refractivity (Wildman–Crippen MR) is 61.0 cm³/mol. The largest absolute Gasteiger partial charge is 0.416 e. The quantitative estimate of drug-likeness (QED) is 0.809. The summed E-state index contributed by atoms with van der Waals surface area (Å²) in [6, 6.07) is 3.99. The Hall–Kier alpha value is -0.740. The van der Waals surface area contributed by atoms with Gasteiger partial charge < -0.3 is 5.32 Å². The smallest absolute Gasteiger partial charge is 0.308 e. The summed E-state index contributed by atoms with van der Waals surface area (Å²) >= 11 is 5.65. The van der Waals surface area contributed by atoms with Crippen molar-refractivity contribution in [3.8, 4) is 0 Å². The third-order valence-electron chi connectivity index (χ3n) is 3.25. The first-order valence-electron chi connectivity index (χ1n) is 5.45. The van der Waals surface area contributed by atoms with Crippen LogP contribution in [-0.2, 0) is 11.7 Å². The van der Waals surface area contributed by atoms with Gasteiger partial charge in [-0.05, 0) is 44.0 Å². The Balaban J connectivity index is 2.53. The highest BCUT2D eigenvalue weighted by atomic mass is 35.5. The molecule has 5 heteroatoms. The molecule has 1 aliphatic rings. The van der Waals surface area contributed by atoms with Crippen molar-refractivity contribution >= 4 is 11.6 Å². The summed E-state index contributed by atoms with van der Waals surface area (Å²) < 4.78 is 38.9. The highest BCUT2D eigenvalue weighted by Gasteiger charge is 2.40. The first kappa shape index (κ1) is 12.7. The van der Waals surface area contributed by atoms with E-state index in [1.807, 2.05) is 0 Å². The van der Waals surface area contributed by atoms with E-state index in [-0.39, 0.29) is 10.6 Å². The average Bonchev–Trinajstić information content (AvgIpc) is 2.64. The Morgan fingerprint density at radius 1 is 1.35 bits per heavy atom. The molecule has 0 spiro atoms. The van der Waals surface area contributed by atoms with E-state index >= 15 is 0 Å². The Kier molecular flexibility index (Phi) is 3.12. The van der Waals surface area contributed by atoms with Crippen LogP contribution in [0.15, 0.2) is 18.2 Å². The van der Waals surface area contributed by atoms with E-state index in [9.17, 15) is 13.2 Å². The lowest BCUT2D eigenvalue weighted by molar-refractivity contribution is -0.138. The Bertz CT molecular complexity index is 422. The van der Waals surface area contributed by atoms with Crippen LogP contribution in [0.2, 0.25) is 5.02 Å². The molecule has 1 nitrogen and oxygen atoms in total. The third kappa shape index (κ3) is 2.43. The molecule has 17 heavy (non-hydrogen) atoms. The number of hydrogen-bond donors (Lipinski definition) is 1. The van der Waals surface area contributed by atoms with Crippen molar-refractivity contribution in [1.29, 1.82) is 0 Å². The zero-order valence-corrected chi connectivity index (χ0v) is 10.1. The Morgan fingerprint density at radius 2 is 2.06 bits per heavy atom. The van der Waals surface area contributed by atoms with Gasteiger partial charge in [0.25, 0.3) is 0 Å². The number of halogens is 4. The van der Waals surface area contributed by atoms with Crippen LogP contribution < -0.4 is 5.32 Å². The van der Waals surface area contributed by atoms with Gasteiger partial charge in [-0.2, -0.15) is 13.2 Å². The number of alkyl halides is 3. The van der Waals surface area contributed by atoms with Crippen LogP contribution in [0.5, 0.6) is 0 Å². The maximum Gasteiger partial charge on any atom is 0.416 e. The molecule has 2 rings (SSSR count). The molecule has 1 aliphatic heterocycles. The molecule has 1 unspecified atom stereocenters. The molecule has 1 aromatic carbocycles. The maximum absolute atomic E-state index is 13.0. The summed E-state index contributed by atoms with van der Waals surface area (Å²) in [5.41, 5.74) is -0.955. The van der Waals surface area contributed by atoms with E-state index in [2.05, 4.69) is 5.32 Å².